The molecule has 0 radical (unpaired) electrons. The van der Waals surface area contributed by atoms with Gasteiger partial charge in [0.25, 0.3) is 0 Å². The summed E-state index contributed by atoms with van der Waals surface area (Å²) in [6.07, 6.45) is 1.08. The Hall–Kier alpha value is -0.720. The number of benzene rings is 1. The normalized spacial score (nSPS) is 20.9. The van der Waals surface area contributed by atoms with E-state index in [1.54, 1.807) is 6.07 Å². The molecule has 1 atom stereocenters. The van der Waals surface area contributed by atoms with E-state index >= 15 is 0 Å². The zero-order valence-electron chi connectivity index (χ0n) is 9.91. The first kappa shape index (κ1) is 12.3. The first-order valence-electron chi connectivity index (χ1n) is 5.84. The smallest absolute Gasteiger partial charge is 0.178 e. The Morgan fingerprint density at radius 3 is 2.94 bits per heavy atom. The number of nitrogens with zero attached hydrogens (tertiary/aromatic N) is 2. The topological polar surface area (TPSA) is 24.0 Å². The average Bonchev–Trinajstić information content (AvgIpc) is 2.83. The second kappa shape index (κ2) is 4.43. The summed E-state index contributed by atoms with van der Waals surface area (Å²) in [5.41, 5.74) is 1.73. The van der Waals surface area contributed by atoms with Gasteiger partial charge in [0, 0.05) is 12.6 Å². The van der Waals surface area contributed by atoms with Crippen LogP contribution in [0.15, 0.2) is 16.6 Å². The molecule has 1 N–H and O–H groups in total. The molecule has 0 aliphatic carbocycles. The number of hydrogen-bond acceptors (Lipinski definition) is 2. The Balaban J connectivity index is 2.19. The van der Waals surface area contributed by atoms with Gasteiger partial charge in [-0.15, -0.1) is 0 Å². The molecule has 1 aliphatic heterocycles. The molecular weight excluding hydrogens is 317 g/mol. The second-order valence-corrected chi connectivity index (χ2v) is 6.03. The Morgan fingerprint density at radius 2 is 2.28 bits per heavy atom. The summed E-state index contributed by atoms with van der Waals surface area (Å²) in [4.78, 5) is 5.37. The third kappa shape index (κ3) is 1.92. The van der Waals surface area contributed by atoms with Gasteiger partial charge in [-0.25, -0.2) is 4.39 Å². The quantitative estimate of drug-likeness (QED) is 0.810. The molecule has 1 saturated heterocycles. The molecular formula is C12H13BrFN3S. The number of halogens is 2. The third-order valence-corrected chi connectivity index (χ3v) is 4.40. The molecule has 0 spiro atoms. The van der Waals surface area contributed by atoms with Gasteiger partial charge in [0.15, 0.2) is 4.77 Å². The monoisotopic (exact) mass is 329 g/mol. The van der Waals surface area contributed by atoms with Crippen LogP contribution in [-0.4, -0.2) is 34.6 Å². The highest BCUT2D eigenvalue weighted by atomic mass is 79.9. The molecule has 0 saturated carbocycles. The van der Waals surface area contributed by atoms with E-state index in [-0.39, 0.29) is 5.82 Å². The summed E-state index contributed by atoms with van der Waals surface area (Å²) in [7, 11) is 2.11. The van der Waals surface area contributed by atoms with Crippen LogP contribution in [-0.2, 0) is 0 Å². The summed E-state index contributed by atoms with van der Waals surface area (Å²) >= 11 is 8.60. The number of rotatable bonds is 1. The number of nitrogens with one attached hydrogen (secondary N) is 1. The molecule has 2 heterocycles. The SMILES string of the molecule is CN1CCC(n2c(=S)[nH]c3cc(F)c(Br)cc32)C1. The summed E-state index contributed by atoms with van der Waals surface area (Å²) in [5.74, 6) is -0.269. The molecule has 0 bridgehead atoms. The van der Waals surface area contributed by atoms with Crippen LogP contribution in [0.1, 0.15) is 12.5 Å². The molecule has 1 aromatic carbocycles. The Labute approximate surface area is 118 Å². The number of imidazole rings is 1. The molecule has 0 amide bonds. The van der Waals surface area contributed by atoms with Crippen molar-refractivity contribution in [2.45, 2.75) is 12.5 Å². The molecule has 6 heteroatoms. The van der Waals surface area contributed by atoms with Gasteiger partial charge in [0.2, 0.25) is 0 Å². The molecule has 3 nitrogen and oxygen atoms in total. The summed E-state index contributed by atoms with van der Waals surface area (Å²) in [6, 6.07) is 3.66. The van der Waals surface area contributed by atoms with E-state index in [4.69, 9.17) is 12.2 Å². The number of aromatic nitrogens is 2. The lowest BCUT2D eigenvalue weighted by molar-refractivity contribution is 0.394. The maximum Gasteiger partial charge on any atom is 0.178 e. The van der Waals surface area contributed by atoms with Crippen LogP contribution < -0.4 is 0 Å². The largest absolute Gasteiger partial charge is 0.330 e. The number of fused-ring (bicyclic) bond motifs is 1. The van der Waals surface area contributed by atoms with Crippen LogP contribution in [0.25, 0.3) is 11.0 Å². The van der Waals surface area contributed by atoms with Gasteiger partial charge in [-0.3, -0.25) is 0 Å². The predicted octanol–water partition coefficient (Wildman–Crippen LogP) is 3.48. The van der Waals surface area contributed by atoms with Crippen molar-refractivity contribution in [1.82, 2.24) is 14.5 Å². The molecule has 2 aromatic rings. The zero-order chi connectivity index (χ0) is 12.9. The minimum absolute atomic E-state index is 0.269. The van der Waals surface area contributed by atoms with E-state index in [0.717, 1.165) is 30.5 Å². The number of likely N-dealkylation sites (tertiary alicyclic amines) is 1. The maximum absolute atomic E-state index is 13.5. The van der Waals surface area contributed by atoms with Crippen molar-refractivity contribution >= 4 is 39.2 Å². The van der Waals surface area contributed by atoms with E-state index in [1.165, 1.54) is 6.07 Å². The number of aromatic amines is 1. The van der Waals surface area contributed by atoms with E-state index in [1.807, 2.05) is 0 Å². The highest BCUT2D eigenvalue weighted by Gasteiger charge is 2.23. The van der Waals surface area contributed by atoms with Gasteiger partial charge in [-0.1, -0.05) is 0 Å². The predicted molar refractivity (Wildman–Crippen MR) is 75.9 cm³/mol. The maximum atomic E-state index is 13.5. The molecule has 96 valence electrons. The minimum atomic E-state index is -0.269. The Bertz CT molecular complexity index is 663. The lowest BCUT2D eigenvalue weighted by Crippen LogP contribution is -2.16. The van der Waals surface area contributed by atoms with Crippen molar-refractivity contribution in [1.29, 1.82) is 0 Å². The van der Waals surface area contributed by atoms with Crippen LogP contribution >= 0.6 is 28.1 Å². The minimum Gasteiger partial charge on any atom is -0.330 e. The highest BCUT2D eigenvalue weighted by Crippen LogP contribution is 2.29. The van der Waals surface area contributed by atoms with Crippen LogP contribution in [0, 0.1) is 10.6 Å². The van der Waals surface area contributed by atoms with Crippen LogP contribution in [0.2, 0.25) is 0 Å². The van der Waals surface area contributed by atoms with Crippen molar-refractivity contribution in [3.8, 4) is 0 Å². The van der Waals surface area contributed by atoms with Crippen molar-refractivity contribution in [2.75, 3.05) is 20.1 Å². The molecule has 1 unspecified atom stereocenters. The molecule has 1 aromatic heterocycles. The lowest BCUT2D eigenvalue weighted by atomic mass is 10.2. The van der Waals surface area contributed by atoms with Crippen molar-refractivity contribution in [2.24, 2.45) is 0 Å². The highest BCUT2D eigenvalue weighted by molar-refractivity contribution is 9.10. The Kier molecular flexibility index (Phi) is 3.03. The summed E-state index contributed by atoms with van der Waals surface area (Å²) in [6.45, 7) is 2.05. The fourth-order valence-corrected chi connectivity index (χ4v) is 3.29. The van der Waals surface area contributed by atoms with E-state index in [0.29, 0.717) is 15.3 Å². The van der Waals surface area contributed by atoms with E-state index < -0.39 is 0 Å². The van der Waals surface area contributed by atoms with Gasteiger partial charge in [0.1, 0.15) is 5.82 Å². The first-order valence-corrected chi connectivity index (χ1v) is 7.04. The average molecular weight is 330 g/mol. The van der Waals surface area contributed by atoms with E-state index in [2.05, 4.69) is 37.4 Å². The summed E-state index contributed by atoms with van der Waals surface area (Å²) in [5, 5.41) is 0. The van der Waals surface area contributed by atoms with Crippen LogP contribution in [0.5, 0.6) is 0 Å². The number of hydrogen-bond donors (Lipinski definition) is 1. The van der Waals surface area contributed by atoms with Crippen molar-refractivity contribution in [3.05, 3.63) is 27.2 Å². The fraction of sp³-hybridized carbons (Fsp3) is 0.417. The molecule has 1 aliphatic rings. The van der Waals surface area contributed by atoms with Gasteiger partial charge >= 0.3 is 0 Å². The van der Waals surface area contributed by atoms with Gasteiger partial charge in [-0.2, -0.15) is 0 Å². The van der Waals surface area contributed by atoms with Crippen molar-refractivity contribution < 1.29 is 4.39 Å². The van der Waals surface area contributed by atoms with E-state index in [9.17, 15) is 4.39 Å². The van der Waals surface area contributed by atoms with Crippen LogP contribution in [0.3, 0.4) is 0 Å². The fourth-order valence-electron chi connectivity index (χ4n) is 2.61. The Morgan fingerprint density at radius 1 is 1.50 bits per heavy atom. The standard InChI is InChI=1S/C12H13BrFN3S/c1-16-3-2-7(6-16)17-11-4-8(13)9(14)5-10(11)15-12(17)18/h4-5,7H,2-3,6H2,1H3,(H,15,18). The second-order valence-electron chi connectivity index (χ2n) is 4.79. The van der Waals surface area contributed by atoms with Gasteiger partial charge in [0.05, 0.1) is 21.5 Å². The van der Waals surface area contributed by atoms with Gasteiger partial charge < -0.3 is 14.5 Å². The number of likely N-dealkylation sites (N-methyl/N-ethyl adjacent to an activating group) is 1. The number of H-pyrrole nitrogens is 1. The van der Waals surface area contributed by atoms with Gasteiger partial charge in [-0.05, 0) is 54.2 Å². The molecule has 1 fully saturated rings. The first-order chi connectivity index (χ1) is 8.56. The third-order valence-electron chi connectivity index (χ3n) is 3.49. The lowest BCUT2D eigenvalue weighted by Gasteiger charge is -2.13. The molecule has 18 heavy (non-hydrogen) atoms. The van der Waals surface area contributed by atoms with Crippen LogP contribution in [0.4, 0.5) is 4.39 Å². The molecule has 3 rings (SSSR count). The van der Waals surface area contributed by atoms with Crippen molar-refractivity contribution in [3.63, 3.8) is 0 Å². The zero-order valence-corrected chi connectivity index (χ0v) is 12.3. The summed E-state index contributed by atoms with van der Waals surface area (Å²) < 4.78 is 16.8.